The van der Waals surface area contributed by atoms with Crippen LogP contribution in [-0.2, 0) is 9.47 Å². The second kappa shape index (κ2) is 3.86. The fourth-order valence-electron chi connectivity index (χ4n) is 4.07. The monoisotopic (exact) mass is 294 g/mol. The van der Waals surface area contributed by atoms with Crippen molar-refractivity contribution in [3.8, 4) is 12.1 Å². The number of nitrogens with two attached hydrogens (primary N) is 1. The number of ether oxygens (including phenoxy) is 2. The molecule has 110 valence electrons. The van der Waals surface area contributed by atoms with Gasteiger partial charge in [-0.05, 0) is 12.5 Å². The molecule has 2 fully saturated rings. The summed E-state index contributed by atoms with van der Waals surface area (Å²) in [4.78, 5) is 4.24. The van der Waals surface area contributed by atoms with Gasteiger partial charge in [-0.2, -0.15) is 10.5 Å². The van der Waals surface area contributed by atoms with E-state index in [-0.39, 0.29) is 5.84 Å². The van der Waals surface area contributed by atoms with Crippen LogP contribution in [0.5, 0.6) is 0 Å². The number of aliphatic imine (C=N–C) groups is 1. The predicted molar refractivity (Wildman–Crippen MR) is 76.3 cm³/mol. The average Bonchev–Trinajstić information content (AvgIpc) is 2.77. The fourth-order valence-corrected chi connectivity index (χ4v) is 4.07. The number of hydrogen-bond acceptors (Lipinski definition) is 6. The molecule has 0 aromatic heterocycles. The van der Waals surface area contributed by atoms with Crippen LogP contribution >= 0.6 is 0 Å². The normalized spacial score (nSPS) is 37.2. The number of nitrogens with zero attached hydrogens (tertiary/aromatic N) is 3. The van der Waals surface area contributed by atoms with Gasteiger partial charge in [-0.1, -0.05) is 29.8 Å². The Labute approximate surface area is 127 Å². The zero-order valence-electron chi connectivity index (χ0n) is 12.0. The number of amidine groups is 1. The van der Waals surface area contributed by atoms with E-state index in [1.165, 1.54) is 0 Å². The smallest absolute Gasteiger partial charge is 0.293 e. The molecule has 3 atom stereocenters. The van der Waals surface area contributed by atoms with Crippen molar-refractivity contribution in [1.82, 2.24) is 0 Å². The van der Waals surface area contributed by atoms with Crippen molar-refractivity contribution in [2.75, 3.05) is 13.2 Å². The molecule has 3 aliphatic rings. The van der Waals surface area contributed by atoms with Crippen molar-refractivity contribution in [1.29, 1.82) is 10.5 Å². The number of nitriles is 2. The number of aryl methyl sites for hydroxylation is 1. The molecule has 6 heteroatoms. The zero-order chi connectivity index (χ0) is 15.6. The van der Waals surface area contributed by atoms with Gasteiger partial charge < -0.3 is 15.2 Å². The third kappa shape index (κ3) is 1.13. The van der Waals surface area contributed by atoms with Crippen LogP contribution in [0.2, 0.25) is 0 Å². The van der Waals surface area contributed by atoms with E-state index in [1.54, 1.807) is 0 Å². The van der Waals surface area contributed by atoms with Gasteiger partial charge in [0.25, 0.3) is 5.91 Å². The molecular formula is C16H14N4O2. The minimum absolute atomic E-state index is 0.130. The average molecular weight is 294 g/mol. The molecule has 0 amide bonds. The van der Waals surface area contributed by atoms with Crippen LogP contribution in [0.25, 0.3) is 0 Å². The van der Waals surface area contributed by atoms with E-state index in [4.69, 9.17) is 15.2 Å². The molecule has 2 aliphatic heterocycles. The second-order valence-electron chi connectivity index (χ2n) is 5.96. The Balaban J connectivity index is 1.94. The number of hydrogen-bond donors (Lipinski definition) is 1. The van der Waals surface area contributed by atoms with Crippen molar-refractivity contribution in [3.05, 3.63) is 35.4 Å². The Morgan fingerprint density at radius 2 is 2.00 bits per heavy atom. The third-order valence-electron chi connectivity index (χ3n) is 4.98. The van der Waals surface area contributed by atoms with E-state index in [2.05, 4.69) is 17.1 Å². The molecule has 22 heavy (non-hydrogen) atoms. The molecule has 0 radical (unpaired) electrons. The van der Waals surface area contributed by atoms with Crippen LogP contribution in [0.3, 0.4) is 0 Å². The molecule has 1 aromatic carbocycles. The van der Waals surface area contributed by atoms with Crippen molar-refractivity contribution < 1.29 is 9.47 Å². The van der Waals surface area contributed by atoms with E-state index >= 15 is 0 Å². The van der Waals surface area contributed by atoms with Crippen molar-refractivity contribution >= 4 is 5.84 Å². The van der Waals surface area contributed by atoms with Crippen LogP contribution in [0.4, 0.5) is 0 Å². The summed E-state index contributed by atoms with van der Waals surface area (Å²) in [6.45, 7) is 2.64. The van der Waals surface area contributed by atoms with Crippen molar-refractivity contribution in [2.45, 2.75) is 18.8 Å². The lowest BCUT2D eigenvalue weighted by Gasteiger charge is -2.25. The third-order valence-corrected chi connectivity index (χ3v) is 4.98. The van der Waals surface area contributed by atoms with Gasteiger partial charge in [0.1, 0.15) is 11.3 Å². The molecule has 4 rings (SSSR count). The van der Waals surface area contributed by atoms with E-state index in [1.807, 2.05) is 31.2 Å². The van der Waals surface area contributed by atoms with E-state index < -0.39 is 22.7 Å². The number of rotatable bonds is 1. The zero-order valence-corrected chi connectivity index (χ0v) is 12.0. The maximum Gasteiger partial charge on any atom is 0.293 e. The maximum absolute atomic E-state index is 9.92. The Bertz CT molecular complexity index is 784. The first-order valence-electron chi connectivity index (χ1n) is 7.11. The Morgan fingerprint density at radius 1 is 1.27 bits per heavy atom. The van der Waals surface area contributed by atoms with Gasteiger partial charge in [0.05, 0.1) is 25.4 Å². The first-order valence-corrected chi connectivity index (χ1v) is 7.11. The summed E-state index contributed by atoms with van der Waals surface area (Å²) in [5, 5.41) is 19.7. The molecule has 1 saturated heterocycles. The molecular weight excluding hydrogens is 280 g/mol. The van der Waals surface area contributed by atoms with Crippen LogP contribution in [-0.4, -0.2) is 25.0 Å². The molecule has 1 spiro atoms. The number of fused-ring (bicyclic) bond motifs is 2. The van der Waals surface area contributed by atoms with E-state index in [9.17, 15) is 10.5 Å². The van der Waals surface area contributed by atoms with E-state index in [0.717, 1.165) is 11.1 Å². The summed E-state index contributed by atoms with van der Waals surface area (Å²) in [5.41, 5.74) is 5.61. The highest BCUT2D eigenvalue weighted by atomic mass is 16.8. The SMILES string of the molecule is Cc1cccc([C@@H]2[C@@]3(C#N)C(N)=NC4(OCCO4)[C@@]23C#N)c1. The first-order chi connectivity index (χ1) is 10.6. The fraction of sp³-hybridized carbons (Fsp3) is 0.438. The Morgan fingerprint density at radius 3 is 2.59 bits per heavy atom. The summed E-state index contributed by atoms with van der Waals surface area (Å²) in [5.74, 6) is -1.72. The highest BCUT2D eigenvalue weighted by Gasteiger charge is 2.94. The van der Waals surface area contributed by atoms with E-state index in [0.29, 0.717) is 13.2 Å². The van der Waals surface area contributed by atoms with Crippen LogP contribution in [0, 0.1) is 40.4 Å². The lowest BCUT2D eigenvalue weighted by atomic mass is 9.93. The predicted octanol–water partition coefficient (Wildman–Crippen LogP) is 1.18. The van der Waals surface area contributed by atoms with Crippen LogP contribution in [0.1, 0.15) is 17.0 Å². The van der Waals surface area contributed by atoms with Gasteiger partial charge in [-0.25, -0.2) is 4.99 Å². The molecule has 0 unspecified atom stereocenters. The van der Waals surface area contributed by atoms with Gasteiger partial charge in [-0.15, -0.1) is 0 Å². The highest BCUT2D eigenvalue weighted by molar-refractivity contribution is 6.00. The summed E-state index contributed by atoms with van der Waals surface area (Å²) < 4.78 is 11.3. The van der Waals surface area contributed by atoms with Gasteiger partial charge in [0, 0.05) is 5.92 Å². The van der Waals surface area contributed by atoms with Gasteiger partial charge >= 0.3 is 0 Å². The standard InChI is InChI=1S/C16H14N4O2/c1-10-3-2-4-11(7-10)12-14(8-17)13(19)20-16(15(12,14)9-18)21-5-6-22-16/h2-4,7,12H,5-6H2,1H3,(H2,19,20)/t12-,14+,15+/m1/s1. The minimum Gasteiger partial charge on any atom is -0.386 e. The summed E-state index contributed by atoms with van der Waals surface area (Å²) >= 11 is 0. The van der Waals surface area contributed by atoms with Gasteiger partial charge in [0.2, 0.25) is 0 Å². The molecule has 6 nitrogen and oxygen atoms in total. The highest BCUT2D eigenvalue weighted by Crippen LogP contribution is 2.82. The lowest BCUT2D eigenvalue weighted by molar-refractivity contribution is -0.184. The van der Waals surface area contributed by atoms with Crippen molar-refractivity contribution in [3.63, 3.8) is 0 Å². The second-order valence-corrected chi connectivity index (χ2v) is 5.96. The lowest BCUT2D eigenvalue weighted by Crippen LogP contribution is -2.38. The van der Waals surface area contributed by atoms with Gasteiger partial charge in [0.15, 0.2) is 5.41 Å². The van der Waals surface area contributed by atoms with Gasteiger partial charge in [-0.3, -0.25) is 0 Å². The maximum atomic E-state index is 9.92. The quantitative estimate of drug-likeness (QED) is 0.837. The molecule has 2 heterocycles. The molecule has 2 N–H and O–H groups in total. The van der Waals surface area contributed by atoms with Crippen molar-refractivity contribution in [2.24, 2.45) is 21.6 Å². The molecule has 1 aliphatic carbocycles. The first kappa shape index (κ1) is 13.3. The van der Waals surface area contributed by atoms with Crippen LogP contribution in [0.15, 0.2) is 29.3 Å². The summed E-state index contributed by atoms with van der Waals surface area (Å²) in [7, 11) is 0. The molecule has 0 bridgehead atoms. The topological polar surface area (TPSA) is 104 Å². The minimum atomic E-state index is -1.45. The summed E-state index contributed by atoms with van der Waals surface area (Å²) in [6.07, 6.45) is 0. The number of benzene rings is 1. The summed E-state index contributed by atoms with van der Waals surface area (Å²) in [6, 6.07) is 12.3. The molecule has 1 saturated carbocycles. The Hall–Kier alpha value is -2.41. The van der Waals surface area contributed by atoms with Crippen LogP contribution < -0.4 is 5.73 Å². The molecule has 1 aromatic rings. The largest absolute Gasteiger partial charge is 0.386 e. The Kier molecular flexibility index (Phi) is 2.33.